The van der Waals surface area contributed by atoms with Gasteiger partial charge in [0.1, 0.15) is 0 Å². The fourth-order valence-electron chi connectivity index (χ4n) is 3.35. The Morgan fingerprint density at radius 1 is 0.556 bits per heavy atom. The topological polar surface area (TPSA) is 0 Å². The zero-order chi connectivity index (χ0) is 16.4. The summed E-state index contributed by atoms with van der Waals surface area (Å²) in [6, 6.07) is 32.1. The quantitative estimate of drug-likeness (QED) is 0.391. The second-order valence-electron chi connectivity index (χ2n) is 5.99. The molecule has 4 heteroatoms. The Hall–Kier alpha value is -1.41. The molecule has 0 fully saturated rings. The van der Waals surface area contributed by atoms with Crippen molar-refractivity contribution in [1.29, 1.82) is 0 Å². The van der Waals surface area contributed by atoms with Crippen LogP contribution in [0.15, 0.2) is 103 Å². The van der Waals surface area contributed by atoms with Crippen molar-refractivity contribution in [1.82, 2.24) is 0 Å². The van der Waals surface area contributed by atoms with Crippen LogP contribution in [0.4, 0.5) is 0 Å². The van der Waals surface area contributed by atoms with Crippen LogP contribution in [0.5, 0.6) is 0 Å². The molecule has 1 unspecified atom stereocenters. The second-order valence-corrected chi connectivity index (χ2v) is 7.09. The Kier molecular flexibility index (Phi) is 8.95. The second kappa shape index (κ2) is 10.2. The van der Waals surface area contributed by atoms with E-state index in [1.54, 1.807) is 0 Å². The first-order valence-corrected chi connectivity index (χ1v) is 8.81. The molecule has 0 spiro atoms. The number of halogens is 3. The summed E-state index contributed by atoms with van der Waals surface area (Å²) >= 11 is 2.89. The molecule has 4 rings (SSSR count). The van der Waals surface area contributed by atoms with E-state index in [0.717, 1.165) is 0 Å². The molecule has 0 heterocycles. The van der Waals surface area contributed by atoms with Crippen LogP contribution in [0.1, 0.15) is 16.7 Å². The molecule has 1 atom stereocenters. The average Bonchev–Trinajstić information content (AvgIpc) is 3.03. The van der Waals surface area contributed by atoms with Crippen molar-refractivity contribution in [3.63, 3.8) is 0 Å². The van der Waals surface area contributed by atoms with Gasteiger partial charge in [-0.15, -0.1) is 0 Å². The first-order chi connectivity index (χ1) is 11.8. The Morgan fingerprint density at radius 2 is 1.00 bits per heavy atom. The minimum absolute atomic E-state index is 0. The Balaban J connectivity index is 0.00000121. The van der Waals surface area contributed by atoms with Crippen LogP contribution in [0.25, 0.3) is 11.1 Å². The van der Waals surface area contributed by atoms with Crippen molar-refractivity contribution in [2.45, 2.75) is 4.13 Å². The zero-order valence-corrected chi connectivity index (χ0v) is 18.1. The van der Waals surface area contributed by atoms with Gasteiger partial charge < -0.3 is 37.2 Å². The van der Waals surface area contributed by atoms with Crippen molar-refractivity contribution < 1.29 is 54.6 Å². The van der Waals surface area contributed by atoms with Gasteiger partial charge in [-0.3, -0.25) is 0 Å². The summed E-state index contributed by atoms with van der Waals surface area (Å²) in [4.78, 5) is 0. The predicted octanol–water partition coefficient (Wildman–Crippen LogP) is -3.38. The van der Waals surface area contributed by atoms with Gasteiger partial charge in [-0.2, -0.15) is 0 Å². The zero-order valence-electron chi connectivity index (χ0n) is 14.4. The molecule has 0 aromatic heterocycles. The molecular formula is C23H17Cl3V. The minimum atomic E-state index is -0.180. The molecule has 3 aromatic rings. The van der Waals surface area contributed by atoms with Crippen molar-refractivity contribution in [3.05, 3.63) is 120 Å². The molecule has 0 amide bonds. The monoisotopic (exact) mass is 449 g/mol. The maximum absolute atomic E-state index is 2.89. The van der Waals surface area contributed by atoms with Crippen molar-refractivity contribution >= 4 is 11.1 Å². The van der Waals surface area contributed by atoms with E-state index in [9.17, 15) is 0 Å². The molecule has 0 nitrogen and oxygen atoms in total. The number of rotatable bonds is 3. The van der Waals surface area contributed by atoms with E-state index in [1.165, 1.54) is 27.8 Å². The summed E-state index contributed by atoms with van der Waals surface area (Å²) in [5, 5.41) is 0. The third kappa shape index (κ3) is 4.54. The van der Waals surface area contributed by atoms with Crippen LogP contribution in [0.3, 0.4) is 0 Å². The summed E-state index contributed by atoms with van der Waals surface area (Å²) in [5.41, 5.74) is 6.47. The Labute approximate surface area is 189 Å². The Bertz CT molecular complexity index is 906. The van der Waals surface area contributed by atoms with Gasteiger partial charge in [0.25, 0.3) is 0 Å². The number of allylic oxidation sites excluding steroid dienone is 4. The van der Waals surface area contributed by atoms with Gasteiger partial charge in [-0.05, 0) is 0 Å². The van der Waals surface area contributed by atoms with Crippen LogP contribution in [-0.2, 0) is 21.6 Å². The molecule has 0 aliphatic heterocycles. The van der Waals surface area contributed by atoms with Gasteiger partial charge in [0.05, 0.1) is 0 Å². The fourth-order valence-corrected chi connectivity index (χ4v) is 4.09. The molecule has 1 aliphatic rings. The normalized spacial score (nSPS) is 17.6. The summed E-state index contributed by atoms with van der Waals surface area (Å²) < 4.78 is -0.180. The Morgan fingerprint density at radius 3 is 1.52 bits per heavy atom. The van der Waals surface area contributed by atoms with E-state index in [4.69, 9.17) is 0 Å². The third-order valence-corrected chi connectivity index (χ3v) is 5.49. The molecule has 27 heavy (non-hydrogen) atoms. The number of hydrogen-bond donors (Lipinski definition) is 0. The number of benzene rings is 3. The fraction of sp³-hybridized carbons (Fsp3) is 0.0435. The summed E-state index contributed by atoms with van der Waals surface area (Å²) in [5.74, 6) is 0. The maximum atomic E-state index is 2.89. The van der Waals surface area contributed by atoms with Gasteiger partial charge in [0.2, 0.25) is 0 Å². The molecule has 3 aromatic carbocycles. The van der Waals surface area contributed by atoms with Crippen LogP contribution in [-0.4, -0.2) is 0 Å². The van der Waals surface area contributed by atoms with Crippen LogP contribution in [0.2, 0.25) is 0 Å². The molecule has 0 N–H and O–H groups in total. The molecule has 1 aliphatic carbocycles. The SMILES string of the molecule is [Cl-].[Cl-].[Cl-].[V+3][C]1(c2ccccc2)C=CC(c2ccccc2)=C1c1ccccc1. The molecule has 0 radical (unpaired) electrons. The van der Waals surface area contributed by atoms with Crippen LogP contribution >= 0.6 is 0 Å². The van der Waals surface area contributed by atoms with E-state index >= 15 is 0 Å². The van der Waals surface area contributed by atoms with Gasteiger partial charge in [0, 0.05) is 0 Å². The molecule has 0 saturated carbocycles. The third-order valence-electron chi connectivity index (χ3n) is 4.50. The van der Waals surface area contributed by atoms with Crippen molar-refractivity contribution in [2.75, 3.05) is 0 Å². The first-order valence-electron chi connectivity index (χ1n) is 8.12. The van der Waals surface area contributed by atoms with Crippen molar-refractivity contribution in [3.8, 4) is 0 Å². The van der Waals surface area contributed by atoms with E-state index < -0.39 is 0 Å². The molecule has 0 saturated heterocycles. The van der Waals surface area contributed by atoms with Crippen LogP contribution < -0.4 is 37.2 Å². The van der Waals surface area contributed by atoms with Crippen molar-refractivity contribution in [2.24, 2.45) is 0 Å². The average molecular weight is 451 g/mol. The van der Waals surface area contributed by atoms with E-state index in [2.05, 4.69) is 121 Å². The van der Waals surface area contributed by atoms with Gasteiger partial charge >= 0.3 is 153 Å². The summed E-state index contributed by atoms with van der Waals surface area (Å²) in [7, 11) is 0. The van der Waals surface area contributed by atoms with E-state index in [1.807, 2.05) is 0 Å². The molecule has 135 valence electrons. The number of hydrogen-bond acceptors (Lipinski definition) is 0. The summed E-state index contributed by atoms with van der Waals surface area (Å²) in [6.07, 6.45) is 4.58. The van der Waals surface area contributed by atoms with Gasteiger partial charge in [0.15, 0.2) is 0 Å². The van der Waals surface area contributed by atoms with Crippen LogP contribution in [0, 0.1) is 0 Å². The van der Waals surface area contributed by atoms with E-state index in [-0.39, 0.29) is 41.3 Å². The molecular weight excluding hydrogens is 434 g/mol. The first kappa shape index (κ1) is 23.6. The van der Waals surface area contributed by atoms with Gasteiger partial charge in [-0.25, -0.2) is 0 Å². The van der Waals surface area contributed by atoms with Gasteiger partial charge in [-0.1, -0.05) is 0 Å². The van der Waals surface area contributed by atoms with E-state index in [0.29, 0.717) is 0 Å². The summed E-state index contributed by atoms with van der Waals surface area (Å²) in [6.45, 7) is 0. The molecule has 0 bridgehead atoms. The predicted molar refractivity (Wildman–Crippen MR) is 97.0 cm³/mol. The standard InChI is InChI=1S/C23H17.3ClH.V/c1-4-10-18(11-5-1)21-16-17-22(19-12-6-2-7-13-19)23(21)20-14-8-3-9-15-20;;;;/h1-17H;3*1H;/q;;;;+3/p-3.